The van der Waals surface area contributed by atoms with Crippen LogP contribution in [0.2, 0.25) is 0 Å². The van der Waals surface area contributed by atoms with E-state index in [2.05, 4.69) is 0 Å². The average molecular weight is 289 g/mol. The molecule has 4 bridgehead atoms. The van der Waals surface area contributed by atoms with Gasteiger partial charge in [0, 0.05) is 0 Å². The molecule has 4 aliphatic rings. The van der Waals surface area contributed by atoms with E-state index in [1.54, 1.807) is 0 Å². The molecule has 21 heavy (non-hydrogen) atoms. The number of carboxylic acid groups (broad SMARTS) is 1. The standard InChI is InChI=1S/C17H19FO3/c18-14-5-15(19)13(4-12(14)16(20)21)17-6-9-1-10(7-17)3-11(2-9)8-17/h4-5,9-11,19H,1-3,6-8H2,(H,20,21)/p-1. The van der Waals surface area contributed by atoms with E-state index in [0.29, 0.717) is 23.3 Å². The minimum absolute atomic E-state index is 0.191. The van der Waals surface area contributed by atoms with Gasteiger partial charge in [0.05, 0.1) is 5.56 Å². The van der Waals surface area contributed by atoms with Crippen LogP contribution in [-0.2, 0) is 5.41 Å². The normalized spacial score (nSPS) is 36.9. The van der Waals surface area contributed by atoms with Gasteiger partial charge in [0.25, 0.3) is 0 Å². The summed E-state index contributed by atoms with van der Waals surface area (Å²) < 4.78 is 13.7. The first-order valence-electron chi connectivity index (χ1n) is 7.71. The Bertz CT molecular complexity index is 587. The highest BCUT2D eigenvalue weighted by Gasteiger charge is 2.51. The highest BCUT2D eigenvalue weighted by atomic mass is 19.1. The van der Waals surface area contributed by atoms with Crippen molar-refractivity contribution in [2.24, 2.45) is 17.8 Å². The van der Waals surface area contributed by atoms with Gasteiger partial charge in [0.15, 0.2) is 0 Å². The van der Waals surface area contributed by atoms with Gasteiger partial charge in [0.1, 0.15) is 5.82 Å². The first-order chi connectivity index (χ1) is 9.97. The van der Waals surface area contributed by atoms with Crippen LogP contribution in [0, 0.1) is 23.6 Å². The molecule has 4 heteroatoms. The maximum absolute atomic E-state index is 13.7. The van der Waals surface area contributed by atoms with Gasteiger partial charge in [-0.25, -0.2) is 9.18 Å². The summed E-state index contributed by atoms with van der Waals surface area (Å²) in [5.41, 5.74) is 0.00439. The summed E-state index contributed by atoms with van der Waals surface area (Å²) in [6.45, 7) is 0. The molecule has 0 saturated heterocycles. The van der Waals surface area contributed by atoms with E-state index >= 15 is 0 Å². The van der Waals surface area contributed by atoms with Crippen molar-refractivity contribution in [2.45, 2.75) is 43.9 Å². The van der Waals surface area contributed by atoms with E-state index in [0.717, 1.165) is 25.3 Å². The molecule has 1 N–H and O–H groups in total. The van der Waals surface area contributed by atoms with Gasteiger partial charge in [-0.2, -0.15) is 0 Å². The molecule has 4 saturated carbocycles. The molecular weight excluding hydrogens is 271 g/mol. The molecule has 0 radical (unpaired) electrons. The van der Waals surface area contributed by atoms with Crippen molar-refractivity contribution < 1.29 is 19.4 Å². The van der Waals surface area contributed by atoms with Crippen LogP contribution in [-0.4, -0.2) is 11.1 Å². The van der Waals surface area contributed by atoms with Crippen LogP contribution >= 0.6 is 0 Å². The molecule has 0 aliphatic heterocycles. The fourth-order valence-corrected chi connectivity index (χ4v) is 5.57. The highest BCUT2D eigenvalue weighted by Crippen LogP contribution is 2.61. The van der Waals surface area contributed by atoms with Crippen molar-refractivity contribution in [3.63, 3.8) is 0 Å². The maximum Gasteiger partial charge on any atom is 0.338 e. The fraction of sp³-hybridized carbons (Fsp3) is 0.588. The number of hydrogen-bond acceptors (Lipinski definition) is 2. The van der Waals surface area contributed by atoms with Crippen molar-refractivity contribution in [1.29, 1.82) is 0 Å². The zero-order valence-electron chi connectivity index (χ0n) is 11.8. The van der Waals surface area contributed by atoms with Crippen molar-refractivity contribution in [1.82, 2.24) is 0 Å². The summed E-state index contributed by atoms with van der Waals surface area (Å²) in [4.78, 5) is 11.2. The van der Waals surface area contributed by atoms with Crippen molar-refractivity contribution in [3.05, 3.63) is 29.1 Å². The molecule has 0 atom stereocenters. The molecule has 1 aromatic rings. The van der Waals surface area contributed by atoms with Crippen LogP contribution < -0.4 is 5.11 Å². The van der Waals surface area contributed by atoms with Gasteiger partial charge in [-0.3, -0.25) is 0 Å². The van der Waals surface area contributed by atoms with Crippen molar-refractivity contribution in [2.75, 3.05) is 0 Å². The molecule has 0 amide bonds. The van der Waals surface area contributed by atoms with Crippen LogP contribution in [0.15, 0.2) is 12.1 Å². The Kier molecular flexibility index (Phi) is 2.63. The van der Waals surface area contributed by atoms with Crippen LogP contribution in [0.5, 0.6) is 5.75 Å². The molecular formula is C17H18FO3-. The summed E-state index contributed by atoms with van der Waals surface area (Å²) >= 11 is 0. The summed E-state index contributed by atoms with van der Waals surface area (Å²) in [5.74, 6) is -0.546. The quantitative estimate of drug-likeness (QED) is 0.910. The van der Waals surface area contributed by atoms with Crippen LogP contribution in [0.4, 0.5) is 4.39 Å². The lowest BCUT2D eigenvalue weighted by atomic mass is 9.48. The minimum Gasteiger partial charge on any atom is -0.872 e. The second kappa shape index (κ2) is 4.21. The van der Waals surface area contributed by atoms with E-state index in [-0.39, 0.29) is 16.7 Å². The Hall–Kier alpha value is -1.58. The zero-order valence-corrected chi connectivity index (χ0v) is 11.8. The third-order valence-corrected chi connectivity index (χ3v) is 5.91. The maximum atomic E-state index is 13.7. The number of rotatable bonds is 2. The number of benzene rings is 1. The van der Waals surface area contributed by atoms with Gasteiger partial charge < -0.3 is 10.2 Å². The van der Waals surface area contributed by atoms with Gasteiger partial charge in [-0.15, -0.1) is 5.75 Å². The predicted molar refractivity (Wildman–Crippen MR) is 72.7 cm³/mol. The molecule has 0 aromatic heterocycles. The lowest BCUT2D eigenvalue weighted by molar-refractivity contribution is -0.271. The summed E-state index contributed by atoms with van der Waals surface area (Å²) in [5, 5.41) is 21.4. The Morgan fingerprint density at radius 3 is 2.14 bits per heavy atom. The molecule has 0 unspecified atom stereocenters. The smallest absolute Gasteiger partial charge is 0.338 e. The Morgan fingerprint density at radius 2 is 1.67 bits per heavy atom. The average Bonchev–Trinajstić information content (AvgIpc) is 2.35. The zero-order chi connectivity index (χ0) is 14.8. The molecule has 1 aromatic carbocycles. The second-order valence-electron chi connectivity index (χ2n) is 7.33. The third-order valence-electron chi connectivity index (χ3n) is 5.91. The number of hydrogen-bond donors (Lipinski definition) is 1. The Balaban J connectivity index is 1.83. The van der Waals surface area contributed by atoms with Crippen LogP contribution in [0.25, 0.3) is 0 Å². The summed E-state index contributed by atoms with van der Waals surface area (Å²) in [6, 6.07) is 2.20. The van der Waals surface area contributed by atoms with E-state index in [9.17, 15) is 14.3 Å². The monoisotopic (exact) mass is 289 g/mol. The second-order valence-corrected chi connectivity index (χ2v) is 7.33. The lowest BCUT2D eigenvalue weighted by Crippen LogP contribution is -2.48. The van der Waals surface area contributed by atoms with Gasteiger partial charge in [-0.1, -0.05) is 0 Å². The van der Waals surface area contributed by atoms with Crippen molar-refractivity contribution >= 4 is 5.97 Å². The molecule has 3 nitrogen and oxygen atoms in total. The van der Waals surface area contributed by atoms with Gasteiger partial charge >= 0.3 is 5.97 Å². The lowest BCUT2D eigenvalue weighted by Gasteiger charge is -2.58. The highest BCUT2D eigenvalue weighted by molar-refractivity contribution is 5.88. The molecule has 4 aliphatic carbocycles. The van der Waals surface area contributed by atoms with E-state index in [1.807, 2.05) is 0 Å². The van der Waals surface area contributed by atoms with Crippen molar-refractivity contribution in [3.8, 4) is 5.75 Å². The van der Waals surface area contributed by atoms with Gasteiger partial charge in [0.2, 0.25) is 0 Å². The Labute approximate surface area is 122 Å². The van der Waals surface area contributed by atoms with Gasteiger partial charge in [-0.05, 0) is 79.4 Å². The molecule has 0 heterocycles. The SMILES string of the molecule is O=C(O)c1cc(C23CC4CC(CC(C4)C2)C3)c([O-])cc1F. The molecule has 4 fully saturated rings. The number of carbonyl (C=O) groups is 1. The topological polar surface area (TPSA) is 60.4 Å². The third kappa shape index (κ3) is 1.88. The molecule has 5 rings (SSSR count). The summed E-state index contributed by atoms with van der Waals surface area (Å²) in [7, 11) is 0. The predicted octanol–water partition coefficient (Wildman–Crippen LogP) is 3.07. The van der Waals surface area contributed by atoms with E-state index in [1.165, 1.54) is 25.3 Å². The first kappa shape index (κ1) is 13.1. The van der Waals surface area contributed by atoms with E-state index < -0.39 is 11.8 Å². The molecule has 112 valence electrons. The number of aromatic carboxylic acids is 1. The number of halogens is 1. The van der Waals surface area contributed by atoms with Crippen LogP contribution in [0.3, 0.4) is 0 Å². The fourth-order valence-electron chi connectivity index (χ4n) is 5.57. The number of carboxylic acids is 1. The summed E-state index contributed by atoms with van der Waals surface area (Å²) in [6.07, 6.45) is 6.66. The largest absolute Gasteiger partial charge is 0.872 e. The van der Waals surface area contributed by atoms with E-state index in [4.69, 9.17) is 5.11 Å². The Morgan fingerprint density at radius 1 is 1.14 bits per heavy atom. The van der Waals surface area contributed by atoms with Crippen LogP contribution in [0.1, 0.15) is 54.4 Å². The molecule has 0 spiro atoms. The minimum atomic E-state index is -1.29. The first-order valence-corrected chi connectivity index (χ1v) is 7.71.